The highest BCUT2D eigenvalue weighted by molar-refractivity contribution is 5.34. The Morgan fingerprint density at radius 3 is 1.74 bits per heavy atom. The van der Waals surface area contributed by atoms with Gasteiger partial charge < -0.3 is 14.6 Å². The van der Waals surface area contributed by atoms with Crippen molar-refractivity contribution in [1.82, 2.24) is 0 Å². The first-order chi connectivity index (χ1) is 18.3. The fourth-order valence-electron chi connectivity index (χ4n) is 5.52. The van der Waals surface area contributed by atoms with E-state index in [4.69, 9.17) is 0 Å². The molecule has 0 unspecified atom stereocenters. The molecular formula is C28H28F8O3. The Bertz CT molecular complexity index is 1140. The second-order valence-corrected chi connectivity index (χ2v) is 10.2. The second kappa shape index (κ2) is 11.6. The van der Waals surface area contributed by atoms with E-state index >= 15 is 0 Å². The maximum atomic E-state index is 14.7. The molecule has 0 aromatic heterocycles. The van der Waals surface area contributed by atoms with E-state index in [1.54, 1.807) is 0 Å². The molecule has 2 saturated carbocycles. The molecule has 214 valence electrons. The molecule has 0 atom stereocenters. The number of allylic oxidation sites excluding steroid dienone is 2. The molecule has 0 heterocycles. The lowest BCUT2D eigenvalue weighted by molar-refractivity contribution is -0.275. The van der Waals surface area contributed by atoms with Crippen molar-refractivity contribution in [3.63, 3.8) is 0 Å². The molecule has 0 amide bonds. The zero-order valence-corrected chi connectivity index (χ0v) is 20.8. The minimum atomic E-state index is -5.12. The molecule has 1 N–H and O–H groups in total. The van der Waals surface area contributed by atoms with Crippen molar-refractivity contribution in [3.8, 4) is 17.2 Å². The third kappa shape index (κ3) is 7.57. The van der Waals surface area contributed by atoms with Gasteiger partial charge in [0.25, 0.3) is 0 Å². The summed E-state index contributed by atoms with van der Waals surface area (Å²) in [6, 6.07) is 3.64. The number of ether oxygens (including phenoxy) is 2. The topological polar surface area (TPSA) is 38.7 Å². The number of benzene rings is 2. The van der Waals surface area contributed by atoms with Crippen LogP contribution >= 0.6 is 0 Å². The summed E-state index contributed by atoms with van der Waals surface area (Å²) in [5.74, 6) is -6.27. The van der Waals surface area contributed by atoms with Gasteiger partial charge in [-0.25, -0.2) is 13.2 Å². The van der Waals surface area contributed by atoms with Crippen LogP contribution in [0, 0.1) is 35.2 Å². The lowest BCUT2D eigenvalue weighted by Gasteiger charge is -2.33. The number of aromatic hydroxyl groups is 1. The van der Waals surface area contributed by atoms with Gasteiger partial charge >= 0.3 is 12.5 Å². The van der Waals surface area contributed by atoms with Crippen LogP contribution in [0.15, 0.2) is 42.5 Å². The highest BCUT2D eigenvalue weighted by Gasteiger charge is 2.44. The van der Waals surface area contributed by atoms with E-state index in [0.717, 1.165) is 31.0 Å². The quantitative estimate of drug-likeness (QED) is 0.269. The van der Waals surface area contributed by atoms with Crippen molar-refractivity contribution >= 4 is 0 Å². The zero-order chi connectivity index (χ0) is 28.4. The zero-order valence-electron chi connectivity index (χ0n) is 20.8. The van der Waals surface area contributed by atoms with Crippen LogP contribution in [0.4, 0.5) is 35.1 Å². The van der Waals surface area contributed by atoms with Crippen LogP contribution in [0.25, 0.3) is 0 Å². The number of hydrogen-bond acceptors (Lipinski definition) is 3. The molecule has 39 heavy (non-hydrogen) atoms. The molecule has 0 aliphatic heterocycles. The van der Waals surface area contributed by atoms with Gasteiger partial charge in [0.15, 0.2) is 11.6 Å². The largest absolute Gasteiger partial charge is 0.573 e. The van der Waals surface area contributed by atoms with Crippen molar-refractivity contribution in [2.24, 2.45) is 17.8 Å². The van der Waals surface area contributed by atoms with E-state index < -0.39 is 53.1 Å². The molecule has 4 rings (SSSR count). The highest BCUT2D eigenvalue weighted by atomic mass is 19.4. The molecular weight excluding hydrogens is 536 g/mol. The fraction of sp³-hybridized carbons (Fsp3) is 0.500. The van der Waals surface area contributed by atoms with E-state index in [0.29, 0.717) is 37.8 Å². The van der Waals surface area contributed by atoms with Crippen LogP contribution in [0.5, 0.6) is 17.2 Å². The number of phenolic OH excluding ortho intramolecular Hbond substituents is 1. The van der Waals surface area contributed by atoms with E-state index in [-0.39, 0.29) is 36.2 Å². The summed E-state index contributed by atoms with van der Waals surface area (Å²) in [4.78, 5) is 0. The van der Waals surface area contributed by atoms with Gasteiger partial charge in [-0.3, -0.25) is 0 Å². The van der Waals surface area contributed by atoms with Gasteiger partial charge in [-0.05, 0) is 81.3 Å². The van der Waals surface area contributed by atoms with Crippen LogP contribution < -0.4 is 9.47 Å². The summed E-state index contributed by atoms with van der Waals surface area (Å²) in [5, 5.41) is 9.34. The summed E-state index contributed by atoms with van der Waals surface area (Å²) in [5.41, 5.74) is 0.00465. The number of rotatable bonds is 7. The standard InChI is InChI=1S/C28H28F8O3/c29-22-15-21(11-12-25(22)39-28(34,35)36)38-27(32,33)19-9-5-17(6-10-19)2-1-16-3-7-18(8-4-16)26-23(30)13-20(37)14-24(26)31/h1-2,11-19,37H,3-10H2/b2-1+. The summed E-state index contributed by atoms with van der Waals surface area (Å²) >= 11 is 0. The first-order valence-corrected chi connectivity index (χ1v) is 12.8. The SMILES string of the molecule is Oc1cc(F)c(C2CCC(/C=C/C3CCC(C(F)(F)Oc4ccc(OC(F)(F)F)c(F)c4)CC3)CC2)c(F)c1. The van der Waals surface area contributed by atoms with Crippen LogP contribution in [0.1, 0.15) is 62.8 Å². The Hall–Kier alpha value is -2.98. The average Bonchev–Trinajstić information content (AvgIpc) is 2.84. The molecule has 2 aliphatic carbocycles. The summed E-state index contributed by atoms with van der Waals surface area (Å²) in [6.07, 6.45) is -0.810. The van der Waals surface area contributed by atoms with E-state index in [2.05, 4.69) is 9.47 Å². The van der Waals surface area contributed by atoms with Crippen molar-refractivity contribution < 1.29 is 49.7 Å². The summed E-state index contributed by atoms with van der Waals surface area (Å²) in [7, 11) is 0. The molecule has 0 bridgehead atoms. The molecule has 2 fully saturated rings. The van der Waals surface area contributed by atoms with Crippen molar-refractivity contribution in [3.05, 3.63) is 65.5 Å². The maximum absolute atomic E-state index is 14.7. The van der Waals surface area contributed by atoms with E-state index in [9.17, 15) is 40.2 Å². The molecule has 2 aromatic rings. The Balaban J connectivity index is 1.25. The lowest BCUT2D eigenvalue weighted by Crippen LogP contribution is -2.37. The van der Waals surface area contributed by atoms with Gasteiger partial charge in [-0.15, -0.1) is 13.2 Å². The number of halogens is 8. The normalized spacial score (nSPS) is 24.6. The molecule has 2 aromatic carbocycles. The first-order valence-electron chi connectivity index (χ1n) is 12.8. The molecule has 0 spiro atoms. The number of alkyl halides is 5. The van der Waals surface area contributed by atoms with Crippen LogP contribution in [0.3, 0.4) is 0 Å². The van der Waals surface area contributed by atoms with Crippen LogP contribution in [-0.4, -0.2) is 17.6 Å². The van der Waals surface area contributed by atoms with Crippen molar-refractivity contribution in [2.75, 3.05) is 0 Å². The Morgan fingerprint density at radius 1 is 0.692 bits per heavy atom. The minimum absolute atomic E-state index is 0.00465. The number of hydrogen-bond donors (Lipinski definition) is 1. The van der Waals surface area contributed by atoms with Crippen LogP contribution in [-0.2, 0) is 0 Å². The van der Waals surface area contributed by atoms with Gasteiger partial charge in [0, 0.05) is 23.8 Å². The smallest absolute Gasteiger partial charge is 0.508 e. The van der Waals surface area contributed by atoms with Gasteiger partial charge in [0.1, 0.15) is 23.1 Å². The molecule has 2 aliphatic rings. The third-order valence-electron chi connectivity index (χ3n) is 7.53. The Morgan fingerprint density at radius 2 is 1.23 bits per heavy atom. The molecule has 0 radical (unpaired) electrons. The van der Waals surface area contributed by atoms with Crippen LogP contribution in [0.2, 0.25) is 0 Å². The predicted octanol–water partition coefficient (Wildman–Crippen LogP) is 9.02. The van der Waals surface area contributed by atoms with E-state index in [1.807, 2.05) is 12.2 Å². The first kappa shape index (κ1) is 29.0. The average molecular weight is 565 g/mol. The van der Waals surface area contributed by atoms with E-state index in [1.165, 1.54) is 0 Å². The van der Waals surface area contributed by atoms with Gasteiger partial charge in [-0.1, -0.05) is 12.2 Å². The molecule has 11 heteroatoms. The lowest BCUT2D eigenvalue weighted by atomic mass is 9.77. The Kier molecular flexibility index (Phi) is 8.66. The minimum Gasteiger partial charge on any atom is -0.508 e. The van der Waals surface area contributed by atoms with Crippen molar-refractivity contribution in [1.29, 1.82) is 0 Å². The Labute approximate surface area is 220 Å². The summed E-state index contributed by atoms with van der Waals surface area (Å²) in [6.45, 7) is 0. The number of phenols is 1. The maximum Gasteiger partial charge on any atom is 0.573 e. The van der Waals surface area contributed by atoms with Crippen molar-refractivity contribution in [2.45, 2.75) is 69.8 Å². The monoisotopic (exact) mass is 564 g/mol. The van der Waals surface area contributed by atoms with Gasteiger partial charge in [-0.2, -0.15) is 8.78 Å². The van der Waals surface area contributed by atoms with Gasteiger partial charge in [0.05, 0.1) is 5.92 Å². The third-order valence-corrected chi connectivity index (χ3v) is 7.53. The van der Waals surface area contributed by atoms with Gasteiger partial charge in [0.2, 0.25) is 0 Å². The predicted molar refractivity (Wildman–Crippen MR) is 126 cm³/mol. The second-order valence-electron chi connectivity index (χ2n) is 10.2. The summed E-state index contributed by atoms with van der Waals surface area (Å²) < 4.78 is 117. The molecule has 0 saturated heterocycles. The molecule has 3 nitrogen and oxygen atoms in total. The highest BCUT2D eigenvalue weighted by Crippen LogP contribution is 2.43. The fourth-order valence-corrected chi connectivity index (χ4v) is 5.52.